The Bertz CT molecular complexity index is 852. The number of carbonyl (C=O) groups excluding carboxylic acids is 1. The first-order chi connectivity index (χ1) is 13.1. The number of furan rings is 1. The summed E-state index contributed by atoms with van der Waals surface area (Å²) in [5.74, 6) is 2.08. The number of aliphatic imine (C=N–C) groups is 1. The number of hydrogen-bond donors (Lipinski definition) is 1. The highest BCUT2D eigenvalue weighted by molar-refractivity contribution is 8.18. The third kappa shape index (κ3) is 4.74. The maximum absolute atomic E-state index is 12.2. The Kier molecular flexibility index (Phi) is 6.24. The summed E-state index contributed by atoms with van der Waals surface area (Å²) in [4.78, 5) is 19.4. The van der Waals surface area contributed by atoms with Crippen LogP contribution in [-0.2, 0) is 4.79 Å². The standard InChI is InChI=1S/C20H23N3O3S/c1-4-23(5-2)18-12-11-16(26-18)13-17-19(24)22-20(27-17)21-14-7-9-15(10-8-14)25-6-3/h7-13H,4-6H2,1-3H3,(H,21,22,24)/b17-13-. The van der Waals surface area contributed by atoms with Gasteiger partial charge in [0.1, 0.15) is 11.5 Å². The van der Waals surface area contributed by atoms with Gasteiger partial charge in [0.05, 0.1) is 17.2 Å². The van der Waals surface area contributed by atoms with Crippen LogP contribution in [0.5, 0.6) is 5.75 Å². The van der Waals surface area contributed by atoms with Gasteiger partial charge < -0.3 is 19.4 Å². The molecule has 1 N–H and O–H groups in total. The molecule has 0 atom stereocenters. The lowest BCUT2D eigenvalue weighted by molar-refractivity contribution is -0.115. The summed E-state index contributed by atoms with van der Waals surface area (Å²) in [6, 6.07) is 11.2. The number of benzene rings is 1. The Labute approximate surface area is 163 Å². The van der Waals surface area contributed by atoms with E-state index in [1.54, 1.807) is 6.08 Å². The van der Waals surface area contributed by atoms with Crippen molar-refractivity contribution >= 4 is 40.5 Å². The highest BCUT2D eigenvalue weighted by atomic mass is 32.2. The molecule has 7 heteroatoms. The molecule has 1 aromatic heterocycles. The quantitative estimate of drug-likeness (QED) is 0.715. The van der Waals surface area contributed by atoms with Gasteiger partial charge in [-0.3, -0.25) is 4.79 Å². The average Bonchev–Trinajstić information content (AvgIpc) is 3.25. The molecule has 1 saturated heterocycles. The van der Waals surface area contributed by atoms with Crippen molar-refractivity contribution < 1.29 is 13.9 Å². The fourth-order valence-electron chi connectivity index (χ4n) is 2.64. The van der Waals surface area contributed by atoms with Gasteiger partial charge in [-0.1, -0.05) is 0 Å². The highest BCUT2D eigenvalue weighted by Crippen LogP contribution is 2.30. The van der Waals surface area contributed by atoms with Crippen molar-refractivity contribution in [3.63, 3.8) is 0 Å². The Hall–Kier alpha value is -2.67. The van der Waals surface area contributed by atoms with Crippen LogP contribution in [0.25, 0.3) is 6.08 Å². The SMILES string of the molecule is CCOc1ccc(N=C2NC(=O)/C(=C/c3ccc(N(CC)CC)o3)S2)cc1. The number of anilines is 1. The molecule has 3 rings (SSSR count). The van der Waals surface area contributed by atoms with Crippen molar-refractivity contribution in [3.8, 4) is 5.75 Å². The maximum atomic E-state index is 12.2. The summed E-state index contributed by atoms with van der Waals surface area (Å²) in [6.45, 7) is 8.46. The van der Waals surface area contributed by atoms with E-state index in [9.17, 15) is 4.79 Å². The topological polar surface area (TPSA) is 67.1 Å². The van der Waals surface area contributed by atoms with E-state index in [2.05, 4.69) is 29.1 Å². The molecule has 27 heavy (non-hydrogen) atoms. The third-order valence-electron chi connectivity index (χ3n) is 3.99. The van der Waals surface area contributed by atoms with Crippen LogP contribution < -0.4 is 15.0 Å². The van der Waals surface area contributed by atoms with E-state index >= 15 is 0 Å². The van der Waals surface area contributed by atoms with Gasteiger partial charge >= 0.3 is 0 Å². The van der Waals surface area contributed by atoms with Crippen LogP contribution >= 0.6 is 11.8 Å². The van der Waals surface area contributed by atoms with Gasteiger partial charge in [0.15, 0.2) is 11.1 Å². The van der Waals surface area contributed by atoms with Crippen LogP contribution in [0.2, 0.25) is 0 Å². The first-order valence-corrected chi connectivity index (χ1v) is 9.81. The van der Waals surface area contributed by atoms with Crippen LogP contribution in [0, 0.1) is 0 Å². The minimum atomic E-state index is -0.175. The lowest BCUT2D eigenvalue weighted by Crippen LogP contribution is -2.20. The van der Waals surface area contributed by atoms with E-state index in [4.69, 9.17) is 9.15 Å². The average molecular weight is 385 g/mol. The largest absolute Gasteiger partial charge is 0.494 e. The van der Waals surface area contributed by atoms with E-state index in [1.165, 1.54) is 11.8 Å². The molecular formula is C20H23N3O3S. The molecular weight excluding hydrogens is 362 g/mol. The van der Waals surface area contributed by atoms with Gasteiger partial charge in [0, 0.05) is 25.2 Å². The summed E-state index contributed by atoms with van der Waals surface area (Å²) >= 11 is 1.30. The molecule has 0 bridgehead atoms. The zero-order valence-electron chi connectivity index (χ0n) is 15.7. The van der Waals surface area contributed by atoms with Gasteiger partial charge in [0.25, 0.3) is 5.91 Å². The summed E-state index contributed by atoms with van der Waals surface area (Å²) in [5.41, 5.74) is 0.754. The summed E-state index contributed by atoms with van der Waals surface area (Å²) in [6.07, 6.45) is 1.74. The van der Waals surface area contributed by atoms with Gasteiger partial charge in [-0.15, -0.1) is 0 Å². The number of nitrogens with zero attached hydrogens (tertiary/aromatic N) is 2. The predicted molar refractivity (Wildman–Crippen MR) is 111 cm³/mol. The molecule has 0 saturated carbocycles. The smallest absolute Gasteiger partial charge is 0.264 e. The van der Waals surface area contributed by atoms with Crippen molar-refractivity contribution in [2.24, 2.45) is 4.99 Å². The minimum Gasteiger partial charge on any atom is -0.494 e. The predicted octanol–water partition coefficient (Wildman–Crippen LogP) is 4.42. The molecule has 1 aliphatic heterocycles. The number of amides is 1. The summed E-state index contributed by atoms with van der Waals surface area (Å²) in [7, 11) is 0. The lowest BCUT2D eigenvalue weighted by Gasteiger charge is -2.16. The normalized spacial score (nSPS) is 16.8. The zero-order chi connectivity index (χ0) is 19.2. The number of rotatable bonds is 7. The van der Waals surface area contributed by atoms with Crippen LogP contribution in [0.15, 0.2) is 50.7 Å². The van der Waals surface area contributed by atoms with E-state index < -0.39 is 0 Å². The number of hydrogen-bond acceptors (Lipinski definition) is 6. The van der Waals surface area contributed by atoms with E-state index in [0.717, 1.165) is 30.4 Å². The molecule has 1 aliphatic rings. The molecule has 1 amide bonds. The number of nitrogens with one attached hydrogen (secondary N) is 1. The van der Waals surface area contributed by atoms with Crippen LogP contribution in [-0.4, -0.2) is 30.8 Å². The number of ether oxygens (including phenoxy) is 1. The molecule has 0 aliphatic carbocycles. The van der Waals surface area contributed by atoms with Crippen molar-refractivity contribution in [3.05, 3.63) is 47.1 Å². The molecule has 1 aromatic carbocycles. The van der Waals surface area contributed by atoms with E-state index in [1.807, 2.05) is 43.3 Å². The van der Waals surface area contributed by atoms with Gasteiger partial charge in [-0.25, -0.2) is 4.99 Å². The third-order valence-corrected chi connectivity index (χ3v) is 4.90. The number of amidine groups is 1. The van der Waals surface area contributed by atoms with Crippen molar-refractivity contribution in [2.75, 3.05) is 24.6 Å². The van der Waals surface area contributed by atoms with Crippen molar-refractivity contribution in [1.29, 1.82) is 0 Å². The fraction of sp³-hybridized carbons (Fsp3) is 0.300. The maximum Gasteiger partial charge on any atom is 0.264 e. The Morgan fingerprint density at radius 1 is 1.15 bits per heavy atom. The van der Waals surface area contributed by atoms with Crippen LogP contribution in [0.1, 0.15) is 26.5 Å². The Morgan fingerprint density at radius 2 is 1.89 bits per heavy atom. The van der Waals surface area contributed by atoms with Crippen LogP contribution in [0.3, 0.4) is 0 Å². The molecule has 0 unspecified atom stereocenters. The van der Waals surface area contributed by atoms with Crippen molar-refractivity contribution in [2.45, 2.75) is 20.8 Å². The minimum absolute atomic E-state index is 0.175. The molecule has 2 heterocycles. The van der Waals surface area contributed by atoms with Crippen LogP contribution in [0.4, 0.5) is 11.6 Å². The Morgan fingerprint density at radius 3 is 2.56 bits per heavy atom. The lowest BCUT2D eigenvalue weighted by atomic mass is 10.3. The monoisotopic (exact) mass is 385 g/mol. The molecule has 142 valence electrons. The highest BCUT2D eigenvalue weighted by Gasteiger charge is 2.24. The zero-order valence-corrected chi connectivity index (χ0v) is 16.5. The number of carbonyl (C=O) groups is 1. The Balaban J connectivity index is 1.72. The summed E-state index contributed by atoms with van der Waals surface area (Å²) < 4.78 is 11.2. The van der Waals surface area contributed by atoms with E-state index in [0.29, 0.717) is 22.4 Å². The van der Waals surface area contributed by atoms with Gasteiger partial charge in [-0.05, 0) is 62.9 Å². The van der Waals surface area contributed by atoms with Gasteiger partial charge in [0.2, 0.25) is 0 Å². The van der Waals surface area contributed by atoms with Crippen molar-refractivity contribution in [1.82, 2.24) is 5.32 Å². The summed E-state index contributed by atoms with van der Waals surface area (Å²) in [5, 5.41) is 3.33. The molecule has 2 aromatic rings. The van der Waals surface area contributed by atoms with Gasteiger partial charge in [-0.2, -0.15) is 0 Å². The molecule has 0 radical (unpaired) electrons. The second-order valence-corrected chi connectivity index (χ2v) is 6.79. The fourth-order valence-corrected chi connectivity index (χ4v) is 3.46. The molecule has 0 spiro atoms. The first kappa shape index (κ1) is 19.1. The molecule has 6 nitrogen and oxygen atoms in total. The first-order valence-electron chi connectivity index (χ1n) is 9.00. The van der Waals surface area contributed by atoms with E-state index in [-0.39, 0.29) is 5.91 Å². The second-order valence-electron chi connectivity index (χ2n) is 5.76. The second kappa shape index (κ2) is 8.81. The molecule has 1 fully saturated rings. The number of thioether (sulfide) groups is 1.